The molecule has 4 nitrogen and oxygen atoms in total. The van der Waals surface area contributed by atoms with E-state index in [1.165, 1.54) is 5.56 Å². The van der Waals surface area contributed by atoms with Crippen LogP contribution < -0.4 is 4.74 Å². The first-order valence-electron chi connectivity index (χ1n) is 10.1. The van der Waals surface area contributed by atoms with E-state index in [1.54, 1.807) is 20.1 Å². The number of allylic oxidation sites excluding steroid dienone is 2. The third kappa shape index (κ3) is 4.58. The molecule has 2 aromatic rings. The van der Waals surface area contributed by atoms with Crippen molar-refractivity contribution in [3.63, 3.8) is 0 Å². The fraction of sp³-hybridized carbons (Fsp3) is 0.360. The number of rotatable bonds is 6. The molecule has 4 heteroatoms. The maximum atomic E-state index is 13.0. The van der Waals surface area contributed by atoms with Crippen LogP contribution in [0.3, 0.4) is 0 Å². The summed E-state index contributed by atoms with van der Waals surface area (Å²) in [7, 11) is 1.62. The lowest BCUT2D eigenvalue weighted by Gasteiger charge is -2.29. The van der Waals surface area contributed by atoms with Gasteiger partial charge >= 0.3 is 5.97 Å². The monoisotopic (exact) mass is 392 g/mol. The van der Waals surface area contributed by atoms with Gasteiger partial charge < -0.3 is 9.47 Å². The van der Waals surface area contributed by atoms with Gasteiger partial charge in [-0.25, -0.2) is 0 Å². The second-order valence-electron chi connectivity index (χ2n) is 7.67. The Hall–Kier alpha value is -2.88. The molecule has 0 amide bonds. The quantitative estimate of drug-likeness (QED) is 0.505. The molecule has 0 unspecified atom stereocenters. The van der Waals surface area contributed by atoms with Crippen LogP contribution in [-0.2, 0) is 14.3 Å². The molecule has 0 N–H and O–H groups in total. The molecule has 0 fully saturated rings. The van der Waals surface area contributed by atoms with Gasteiger partial charge in [-0.15, -0.1) is 0 Å². The molecule has 0 bridgehead atoms. The summed E-state index contributed by atoms with van der Waals surface area (Å²) in [6, 6.07) is 15.9. The SMILES string of the molecule is CCOC(=O)[C@@H]1C(=O)C=C(c2cccc(OC)c2)C[C@H]1c1ccc(C(C)C)cc1. The minimum atomic E-state index is -0.811. The predicted molar refractivity (Wildman–Crippen MR) is 114 cm³/mol. The molecule has 152 valence electrons. The fourth-order valence-corrected chi connectivity index (χ4v) is 3.85. The Morgan fingerprint density at radius 2 is 1.86 bits per heavy atom. The van der Waals surface area contributed by atoms with Gasteiger partial charge in [0.2, 0.25) is 0 Å². The highest BCUT2D eigenvalue weighted by molar-refractivity contribution is 6.10. The summed E-state index contributed by atoms with van der Waals surface area (Å²) in [6.45, 7) is 6.30. The van der Waals surface area contributed by atoms with Gasteiger partial charge in [0.15, 0.2) is 5.78 Å². The van der Waals surface area contributed by atoms with Crippen LogP contribution in [0, 0.1) is 5.92 Å². The first-order chi connectivity index (χ1) is 13.9. The van der Waals surface area contributed by atoms with Gasteiger partial charge in [-0.2, -0.15) is 0 Å². The standard InChI is InChI=1S/C25H28O4/c1-5-29-25(27)24-22(18-11-9-17(10-12-18)16(2)3)14-20(15-23(24)26)19-7-6-8-21(13-19)28-4/h6-13,15-16,22,24H,5,14H2,1-4H3/t22-,24-/m0/s1. The number of carbonyl (C=O) groups is 2. The molecule has 0 aliphatic heterocycles. The van der Waals surface area contributed by atoms with E-state index in [1.807, 2.05) is 36.4 Å². The van der Waals surface area contributed by atoms with E-state index in [0.717, 1.165) is 22.4 Å². The molecular formula is C25H28O4. The summed E-state index contributed by atoms with van der Waals surface area (Å²) in [5.41, 5.74) is 4.05. The molecule has 2 atom stereocenters. The minimum Gasteiger partial charge on any atom is -0.497 e. The Bertz CT molecular complexity index is 909. The lowest BCUT2D eigenvalue weighted by atomic mass is 9.73. The predicted octanol–water partition coefficient (Wildman–Crippen LogP) is 5.14. The molecular weight excluding hydrogens is 364 g/mol. The number of ether oxygens (including phenoxy) is 2. The van der Waals surface area contributed by atoms with E-state index in [2.05, 4.69) is 26.0 Å². The van der Waals surface area contributed by atoms with Crippen molar-refractivity contribution >= 4 is 17.3 Å². The summed E-state index contributed by atoms with van der Waals surface area (Å²) >= 11 is 0. The molecule has 0 saturated heterocycles. The van der Waals surface area contributed by atoms with Crippen molar-refractivity contribution in [1.82, 2.24) is 0 Å². The molecule has 1 aliphatic carbocycles. The van der Waals surface area contributed by atoms with Crippen LogP contribution in [0.25, 0.3) is 5.57 Å². The van der Waals surface area contributed by atoms with Crippen molar-refractivity contribution in [2.45, 2.75) is 39.0 Å². The molecule has 0 radical (unpaired) electrons. The van der Waals surface area contributed by atoms with Crippen LogP contribution in [0.4, 0.5) is 0 Å². The second-order valence-corrected chi connectivity index (χ2v) is 7.67. The lowest BCUT2D eigenvalue weighted by Crippen LogP contribution is -2.34. The Labute approximate surface area is 172 Å². The van der Waals surface area contributed by atoms with Crippen molar-refractivity contribution < 1.29 is 19.1 Å². The lowest BCUT2D eigenvalue weighted by molar-refractivity contribution is -0.151. The highest BCUT2D eigenvalue weighted by atomic mass is 16.5. The summed E-state index contributed by atoms with van der Waals surface area (Å²) < 4.78 is 10.6. The van der Waals surface area contributed by atoms with Gasteiger partial charge in [0.25, 0.3) is 0 Å². The van der Waals surface area contributed by atoms with Crippen LogP contribution in [0.15, 0.2) is 54.6 Å². The Kier molecular flexibility index (Phi) is 6.53. The first kappa shape index (κ1) is 20.8. The summed E-state index contributed by atoms with van der Waals surface area (Å²) in [6.07, 6.45) is 2.18. The number of methoxy groups -OCH3 is 1. The molecule has 0 heterocycles. The average Bonchev–Trinajstić information content (AvgIpc) is 2.73. The fourth-order valence-electron chi connectivity index (χ4n) is 3.85. The first-order valence-corrected chi connectivity index (χ1v) is 10.1. The smallest absolute Gasteiger partial charge is 0.317 e. The third-order valence-electron chi connectivity index (χ3n) is 5.48. The normalized spacial score (nSPS) is 19.1. The zero-order valence-corrected chi connectivity index (χ0v) is 17.5. The van der Waals surface area contributed by atoms with Crippen LogP contribution >= 0.6 is 0 Å². The van der Waals surface area contributed by atoms with Crippen molar-refractivity contribution in [2.24, 2.45) is 5.92 Å². The Balaban J connectivity index is 2.01. The van der Waals surface area contributed by atoms with Crippen LogP contribution in [0.1, 0.15) is 55.7 Å². The van der Waals surface area contributed by atoms with Gasteiger partial charge in [-0.05, 0) is 59.7 Å². The molecule has 0 spiro atoms. The Morgan fingerprint density at radius 3 is 2.48 bits per heavy atom. The van der Waals surface area contributed by atoms with Gasteiger partial charge in [0, 0.05) is 5.92 Å². The maximum Gasteiger partial charge on any atom is 0.317 e. The van der Waals surface area contributed by atoms with Crippen molar-refractivity contribution in [1.29, 1.82) is 0 Å². The van der Waals surface area contributed by atoms with Gasteiger partial charge in [0.1, 0.15) is 11.7 Å². The second kappa shape index (κ2) is 9.08. The number of hydrogen-bond donors (Lipinski definition) is 0. The summed E-state index contributed by atoms with van der Waals surface area (Å²) in [5, 5.41) is 0. The van der Waals surface area contributed by atoms with Crippen molar-refractivity contribution in [3.8, 4) is 5.75 Å². The number of hydrogen-bond acceptors (Lipinski definition) is 4. The third-order valence-corrected chi connectivity index (χ3v) is 5.48. The van der Waals surface area contributed by atoms with Gasteiger partial charge in [0.05, 0.1) is 13.7 Å². The van der Waals surface area contributed by atoms with Gasteiger partial charge in [-0.3, -0.25) is 9.59 Å². The number of benzene rings is 2. The minimum absolute atomic E-state index is 0.203. The number of ketones is 1. The zero-order chi connectivity index (χ0) is 21.0. The van der Waals surface area contributed by atoms with E-state index in [4.69, 9.17) is 9.47 Å². The zero-order valence-electron chi connectivity index (χ0n) is 17.5. The van der Waals surface area contributed by atoms with E-state index < -0.39 is 11.9 Å². The molecule has 1 aliphatic rings. The molecule has 0 saturated carbocycles. The molecule has 3 rings (SSSR count). The van der Waals surface area contributed by atoms with Gasteiger partial charge in [-0.1, -0.05) is 50.2 Å². The van der Waals surface area contributed by atoms with Crippen LogP contribution in [-0.4, -0.2) is 25.5 Å². The topological polar surface area (TPSA) is 52.6 Å². The number of esters is 1. The van der Waals surface area contributed by atoms with E-state index in [9.17, 15) is 9.59 Å². The highest BCUT2D eigenvalue weighted by Gasteiger charge is 2.39. The molecule has 0 aromatic heterocycles. The molecule has 2 aromatic carbocycles. The van der Waals surface area contributed by atoms with Crippen LogP contribution in [0.5, 0.6) is 5.75 Å². The van der Waals surface area contributed by atoms with Crippen LogP contribution in [0.2, 0.25) is 0 Å². The van der Waals surface area contributed by atoms with E-state index in [-0.39, 0.29) is 18.3 Å². The molecule has 29 heavy (non-hydrogen) atoms. The Morgan fingerprint density at radius 1 is 1.14 bits per heavy atom. The average molecular weight is 392 g/mol. The summed E-state index contributed by atoms with van der Waals surface area (Å²) in [4.78, 5) is 25.6. The number of carbonyl (C=O) groups excluding carboxylic acids is 2. The highest BCUT2D eigenvalue weighted by Crippen LogP contribution is 2.41. The van der Waals surface area contributed by atoms with Crippen molar-refractivity contribution in [3.05, 3.63) is 71.3 Å². The largest absolute Gasteiger partial charge is 0.497 e. The van der Waals surface area contributed by atoms with Crippen molar-refractivity contribution in [2.75, 3.05) is 13.7 Å². The summed E-state index contributed by atoms with van der Waals surface area (Å²) in [5.74, 6) is -0.559. The maximum absolute atomic E-state index is 13.0. The van der Waals surface area contributed by atoms with E-state index >= 15 is 0 Å². The van der Waals surface area contributed by atoms with E-state index in [0.29, 0.717) is 12.3 Å².